The van der Waals surface area contributed by atoms with Crippen molar-refractivity contribution in [3.8, 4) is 0 Å². The van der Waals surface area contributed by atoms with Gasteiger partial charge in [-0.1, -0.05) is 13.5 Å². The summed E-state index contributed by atoms with van der Waals surface area (Å²) in [5.41, 5.74) is 1.53. The molecular weight excluding hydrogens is 220 g/mol. The Morgan fingerprint density at radius 2 is 2.41 bits per heavy atom. The fraction of sp³-hybridized carbons (Fsp3) is 0.545. The Morgan fingerprint density at radius 3 is 2.94 bits per heavy atom. The van der Waals surface area contributed by atoms with Crippen LogP contribution in [-0.2, 0) is 6.54 Å². The average Bonchev–Trinajstić information content (AvgIpc) is 2.60. The molecule has 1 N–H and O–H groups in total. The molecule has 0 aliphatic heterocycles. The van der Waals surface area contributed by atoms with Crippen LogP contribution in [0, 0.1) is 17.0 Å². The van der Waals surface area contributed by atoms with E-state index in [0.717, 1.165) is 18.5 Å². The van der Waals surface area contributed by atoms with Crippen LogP contribution in [0.3, 0.4) is 0 Å². The maximum atomic E-state index is 10.6. The maximum absolute atomic E-state index is 10.6. The van der Waals surface area contributed by atoms with E-state index in [0.29, 0.717) is 18.7 Å². The molecule has 0 unspecified atom stereocenters. The Morgan fingerprint density at radius 1 is 1.71 bits per heavy atom. The van der Waals surface area contributed by atoms with E-state index in [-0.39, 0.29) is 5.82 Å². The van der Waals surface area contributed by atoms with Crippen LogP contribution in [0.25, 0.3) is 0 Å². The van der Waals surface area contributed by atoms with Gasteiger partial charge < -0.3 is 15.4 Å². The number of nitro groups is 1. The van der Waals surface area contributed by atoms with Crippen molar-refractivity contribution in [1.29, 1.82) is 0 Å². The van der Waals surface area contributed by atoms with Crippen LogP contribution < -0.4 is 5.32 Å². The first kappa shape index (κ1) is 13.4. The molecule has 17 heavy (non-hydrogen) atoms. The first-order chi connectivity index (χ1) is 8.04. The third kappa shape index (κ3) is 3.99. The lowest BCUT2D eigenvalue weighted by molar-refractivity contribution is -0.390. The lowest BCUT2D eigenvalue weighted by atomic mass is 10.3. The zero-order valence-corrected chi connectivity index (χ0v) is 10.3. The SMILES string of the molecule is C=C(CNCCC)Cn1cc(C)c([N+](=O)[O-])n1. The second-order valence-corrected chi connectivity index (χ2v) is 4.02. The fourth-order valence-corrected chi connectivity index (χ4v) is 1.50. The monoisotopic (exact) mass is 238 g/mol. The number of nitrogens with zero attached hydrogens (tertiary/aromatic N) is 3. The zero-order chi connectivity index (χ0) is 12.8. The van der Waals surface area contributed by atoms with Crippen molar-refractivity contribution in [1.82, 2.24) is 15.1 Å². The topological polar surface area (TPSA) is 73.0 Å². The molecule has 0 aliphatic rings. The minimum Gasteiger partial charge on any atom is -0.358 e. The summed E-state index contributed by atoms with van der Waals surface area (Å²) >= 11 is 0. The molecule has 1 aromatic rings. The Balaban J connectivity index is 2.54. The third-order valence-electron chi connectivity index (χ3n) is 2.28. The van der Waals surface area contributed by atoms with Crippen LogP contribution in [0.2, 0.25) is 0 Å². The predicted octanol–water partition coefficient (Wildman–Crippen LogP) is 1.66. The molecule has 0 saturated carbocycles. The molecule has 1 aromatic heterocycles. The van der Waals surface area contributed by atoms with E-state index in [1.807, 2.05) is 0 Å². The zero-order valence-electron chi connectivity index (χ0n) is 10.3. The van der Waals surface area contributed by atoms with Gasteiger partial charge in [0.1, 0.15) is 0 Å². The van der Waals surface area contributed by atoms with E-state index in [9.17, 15) is 10.1 Å². The van der Waals surface area contributed by atoms with E-state index < -0.39 is 4.92 Å². The Hall–Kier alpha value is -1.69. The van der Waals surface area contributed by atoms with E-state index in [4.69, 9.17) is 0 Å². The largest absolute Gasteiger partial charge is 0.392 e. The van der Waals surface area contributed by atoms with Crippen molar-refractivity contribution in [2.45, 2.75) is 26.8 Å². The van der Waals surface area contributed by atoms with Gasteiger partial charge in [-0.2, -0.15) is 4.68 Å². The molecule has 1 rings (SSSR count). The molecule has 0 amide bonds. The number of aromatic nitrogens is 2. The summed E-state index contributed by atoms with van der Waals surface area (Å²) in [4.78, 5) is 10.2. The number of rotatable bonds is 7. The van der Waals surface area contributed by atoms with Crippen LogP contribution in [0.1, 0.15) is 18.9 Å². The first-order valence-corrected chi connectivity index (χ1v) is 5.60. The van der Waals surface area contributed by atoms with Gasteiger partial charge in [-0.05, 0) is 30.4 Å². The minimum atomic E-state index is -0.468. The fourth-order valence-electron chi connectivity index (χ4n) is 1.50. The molecule has 0 fully saturated rings. The average molecular weight is 238 g/mol. The van der Waals surface area contributed by atoms with E-state index in [1.165, 1.54) is 0 Å². The maximum Gasteiger partial charge on any atom is 0.392 e. The normalized spacial score (nSPS) is 10.5. The molecule has 0 aliphatic carbocycles. The molecule has 0 saturated heterocycles. The van der Waals surface area contributed by atoms with E-state index >= 15 is 0 Å². The third-order valence-corrected chi connectivity index (χ3v) is 2.28. The minimum absolute atomic E-state index is 0.0840. The molecule has 0 radical (unpaired) electrons. The molecule has 6 nitrogen and oxygen atoms in total. The van der Waals surface area contributed by atoms with Crippen LogP contribution in [0.5, 0.6) is 0 Å². The molecule has 0 aromatic carbocycles. The standard InChI is InChI=1S/C11H18N4O2/c1-4-5-12-6-9(2)7-14-8-10(3)11(13-14)15(16)17/h8,12H,2,4-7H2,1,3H3. The van der Waals surface area contributed by atoms with Gasteiger partial charge in [0.2, 0.25) is 0 Å². The van der Waals surface area contributed by atoms with E-state index in [2.05, 4.69) is 23.9 Å². The second-order valence-electron chi connectivity index (χ2n) is 4.02. The van der Waals surface area contributed by atoms with Crippen LogP contribution in [0.4, 0.5) is 5.82 Å². The van der Waals surface area contributed by atoms with Gasteiger partial charge in [0.15, 0.2) is 0 Å². The predicted molar refractivity (Wildman–Crippen MR) is 65.9 cm³/mol. The first-order valence-electron chi connectivity index (χ1n) is 5.60. The quantitative estimate of drug-likeness (QED) is 0.339. The number of aryl methyl sites for hydroxylation is 1. The summed E-state index contributed by atoms with van der Waals surface area (Å²) in [5.74, 6) is -0.0840. The summed E-state index contributed by atoms with van der Waals surface area (Å²) in [6.07, 6.45) is 2.74. The van der Waals surface area contributed by atoms with Crippen molar-refractivity contribution in [3.63, 3.8) is 0 Å². The molecule has 94 valence electrons. The van der Waals surface area contributed by atoms with Crippen molar-refractivity contribution in [2.75, 3.05) is 13.1 Å². The smallest absolute Gasteiger partial charge is 0.358 e. The highest BCUT2D eigenvalue weighted by Gasteiger charge is 2.16. The molecule has 0 spiro atoms. The number of hydrogen-bond acceptors (Lipinski definition) is 4. The van der Waals surface area contributed by atoms with Crippen molar-refractivity contribution < 1.29 is 4.92 Å². The second kappa shape index (κ2) is 6.15. The van der Waals surface area contributed by atoms with Gasteiger partial charge in [0.25, 0.3) is 0 Å². The highest BCUT2D eigenvalue weighted by molar-refractivity contribution is 5.28. The Kier molecular flexibility index (Phi) is 4.84. The number of nitrogens with one attached hydrogen (secondary N) is 1. The van der Waals surface area contributed by atoms with Gasteiger partial charge in [0.05, 0.1) is 23.4 Å². The lowest BCUT2D eigenvalue weighted by Crippen LogP contribution is -2.19. The highest BCUT2D eigenvalue weighted by Crippen LogP contribution is 2.14. The highest BCUT2D eigenvalue weighted by atomic mass is 16.6. The summed E-state index contributed by atoms with van der Waals surface area (Å²) in [6.45, 7) is 9.84. The van der Waals surface area contributed by atoms with Gasteiger partial charge in [-0.3, -0.25) is 0 Å². The summed E-state index contributed by atoms with van der Waals surface area (Å²) in [6, 6.07) is 0. The molecule has 0 bridgehead atoms. The van der Waals surface area contributed by atoms with Crippen molar-refractivity contribution in [2.24, 2.45) is 0 Å². The summed E-state index contributed by atoms with van der Waals surface area (Å²) in [7, 11) is 0. The Labute approximate surface area is 100 Å². The van der Waals surface area contributed by atoms with Gasteiger partial charge in [-0.25, -0.2) is 0 Å². The molecular formula is C11H18N4O2. The molecule has 1 heterocycles. The van der Waals surface area contributed by atoms with Gasteiger partial charge in [-0.15, -0.1) is 0 Å². The summed E-state index contributed by atoms with van der Waals surface area (Å²) < 4.78 is 1.56. The van der Waals surface area contributed by atoms with Crippen LogP contribution >= 0.6 is 0 Å². The van der Waals surface area contributed by atoms with Crippen LogP contribution in [0.15, 0.2) is 18.3 Å². The molecule has 0 atom stereocenters. The van der Waals surface area contributed by atoms with Crippen molar-refractivity contribution >= 4 is 5.82 Å². The van der Waals surface area contributed by atoms with Crippen molar-refractivity contribution in [3.05, 3.63) is 34.0 Å². The number of hydrogen-bond donors (Lipinski definition) is 1. The van der Waals surface area contributed by atoms with Gasteiger partial charge in [0, 0.05) is 6.54 Å². The van der Waals surface area contributed by atoms with Crippen LogP contribution in [-0.4, -0.2) is 27.8 Å². The van der Waals surface area contributed by atoms with E-state index in [1.54, 1.807) is 17.8 Å². The van der Waals surface area contributed by atoms with Gasteiger partial charge >= 0.3 is 5.82 Å². The lowest BCUT2D eigenvalue weighted by Gasteiger charge is -2.04. The molecule has 6 heteroatoms. The Bertz CT molecular complexity index is 412. The summed E-state index contributed by atoms with van der Waals surface area (Å²) in [5, 5.41) is 17.8.